The van der Waals surface area contributed by atoms with E-state index in [1.165, 1.54) is 0 Å². The first-order valence-electron chi connectivity index (χ1n) is 3.69. The molecule has 0 saturated carbocycles. The van der Waals surface area contributed by atoms with Gasteiger partial charge in [-0.15, -0.1) is 0 Å². The van der Waals surface area contributed by atoms with Crippen molar-refractivity contribution in [1.82, 2.24) is 25.2 Å². The molecule has 0 saturated heterocycles. The normalized spacial score (nSPS) is 10.2. The zero-order valence-electron chi connectivity index (χ0n) is 6.93. The number of tetrazole rings is 1. The molecule has 0 unspecified atom stereocenters. The Morgan fingerprint density at radius 2 is 2.31 bits per heavy atom. The van der Waals surface area contributed by atoms with Gasteiger partial charge in [0.15, 0.2) is 0 Å². The Morgan fingerprint density at radius 3 is 2.92 bits per heavy atom. The standard InChI is InChI=1S/C7H7N5S/c1-5-2-6(4-8-3-5)12-7(13)9-10-11-12/h2-4H,1H3,(H,9,11,13). The van der Waals surface area contributed by atoms with Gasteiger partial charge in [0.25, 0.3) is 0 Å². The monoisotopic (exact) mass is 193 g/mol. The van der Waals surface area contributed by atoms with E-state index in [-0.39, 0.29) is 0 Å². The molecule has 0 aliphatic heterocycles. The maximum absolute atomic E-state index is 4.94. The number of nitrogens with zero attached hydrogens (tertiary/aromatic N) is 4. The first-order valence-corrected chi connectivity index (χ1v) is 4.10. The summed E-state index contributed by atoms with van der Waals surface area (Å²) >= 11 is 4.94. The van der Waals surface area contributed by atoms with E-state index in [1.807, 2.05) is 13.0 Å². The summed E-state index contributed by atoms with van der Waals surface area (Å²) in [5, 5.41) is 9.91. The molecule has 2 heterocycles. The van der Waals surface area contributed by atoms with Crippen molar-refractivity contribution in [3.05, 3.63) is 28.8 Å². The number of aryl methyl sites for hydroxylation is 1. The molecule has 2 rings (SSSR count). The van der Waals surface area contributed by atoms with Crippen LogP contribution in [0.1, 0.15) is 5.56 Å². The number of aromatic nitrogens is 5. The zero-order valence-corrected chi connectivity index (χ0v) is 7.75. The van der Waals surface area contributed by atoms with Gasteiger partial charge in [-0.3, -0.25) is 4.98 Å². The van der Waals surface area contributed by atoms with Crippen LogP contribution in [0.25, 0.3) is 5.69 Å². The van der Waals surface area contributed by atoms with Crippen molar-refractivity contribution in [1.29, 1.82) is 0 Å². The Labute approximate surface area is 79.4 Å². The Balaban J connectivity index is 2.59. The SMILES string of the molecule is Cc1cncc(-n2[nH]nnc2=S)c1. The summed E-state index contributed by atoms with van der Waals surface area (Å²) in [5.41, 5.74) is 1.91. The molecule has 13 heavy (non-hydrogen) atoms. The van der Waals surface area contributed by atoms with Crippen molar-refractivity contribution in [2.24, 2.45) is 0 Å². The highest BCUT2D eigenvalue weighted by Crippen LogP contribution is 2.05. The quantitative estimate of drug-likeness (QED) is 0.687. The van der Waals surface area contributed by atoms with E-state index in [0.29, 0.717) is 4.77 Å². The van der Waals surface area contributed by atoms with E-state index in [2.05, 4.69) is 20.5 Å². The lowest BCUT2D eigenvalue weighted by molar-refractivity contribution is 0.782. The van der Waals surface area contributed by atoms with Gasteiger partial charge in [-0.1, -0.05) is 10.3 Å². The maximum Gasteiger partial charge on any atom is 0.242 e. The number of hydrogen-bond donors (Lipinski definition) is 1. The summed E-state index contributed by atoms with van der Waals surface area (Å²) in [6, 6.07) is 1.95. The molecule has 0 amide bonds. The molecule has 0 aromatic carbocycles. The van der Waals surface area contributed by atoms with E-state index < -0.39 is 0 Å². The lowest BCUT2D eigenvalue weighted by Crippen LogP contribution is -1.97. The third-order valence-corrected chi connectivity index (χ3v) is 1.85. The molecule has 0 aliphatic rings. The van der Waals surface area contributed by atoms with Crippen molar-refractivity contribution in [2.75, 3.05) is 0 Å². The minimum Gasteiger partial charge on any atom is -0.262 e. The fourth-order valence-corrected chi connectivity index (χ4v) is 1.21. The van der Waals surface area contributed by atoms with Gasteiger partial charge in [-0.05, 0) is 30.8 Å². The van der Waals surface area contributed by atoms with Crippen LogP contribution in [0.15, 0.2) is 18.5 Å². The van der Waals surface area contributed by atoms with E-state index in [4.69, 9.17) is 12.2 Å². The molecular weight excluding hydrogens is 186 g/mol. The molecule has 0 fully saturated rings. The van der Waals surface area contributed by atoms with Gasteiger partial charge in [0.1, 0.15) is 0 Å². The number of nitrogens with one attached hydrogen (secondary N) is 1. The summed E-state index contributed by atoms with van der Waals surface area (Å²) in [6.45, 7) is 1.96. The Kier molecular flexibility index (Phi) is 1.90. The molecule has 1 N–H and O–H groups in total. The minimum absolute atomic E-state index is 0.396. The molecule has 0 atom stereocenters. The lowest BCUT2D eigenvalue weighted by Gasteiger charge is -1.99. The Morgan fingerprint density at radius 1 is 1.46 bits per heavy atom. The summed E-state index contributed by atoms with van der Waals surface area (Å²) in [6.07, 6.45) is 3.47. The number of rotatable bonds is 1. The average Bonchev–Trinajstić information content (AvgIpc) is 2.51. The van der Waals surface area contributed by atoms with Crippen LogP contribution in [0.5, 0.6) is 0 Å². The van der Waals surface area contributed by atoms with E-state index in [1.54, 1.807) is 17.1 Å². The third kappa shape index (κ3) is 1.48. The zero-order chi connectivity index (χ0) is 9.26. The first kappa shape index (κ1) is 8.06. The number of hydrogen-bond acceptors (Lipinski definition) is 4. The Hall–Kier alpha value is -1.56. The van der Waals surface area contributed by atoms with E-state index >= 15 is 0 Å². The van der Waals surface area contributed by atoms with Crippen LogP contribution >= 0.6 is 12.2 Å². The van der Waals surface area contributed by atoms with Crippen LogP contribution in [0, 0.1) is 11.7 Å². The highest BCUT2D eigenvalue weighted by molar-refractivity contribution is 7.71. The summed E-state index contributed by atoms with van der Waals surface area (Å²) in [7, 11) is 0. The third-order valence-electron chi connectivity index (χ3n) is 1.59. The molecule has 0 aliphatic carbocycles. The van der Waals surface area contributed by atoms with Gasteiger partial charge in [-0.2, -0.15) is 5.21 Å². The van der Waals surface area contributed by atoms with E-state index in [9.17, 15) is 0 Å². The molecule has 0 spiro atoms. The molecule has 2 aromatic heterocycles. The van der Waals surface area contributed by atoms with Crippen molar-refractivity contribution < 1.29 is 0 Å². The molecule has 5 nitrogen and oxygen atoms in total. The highest BCUT2D eigenvalue weighted by Gasteiger charge is 1.99. The largest absolute Gasteiger partial charge is 0.262 e. The van der Waals surface area contributed by atoms with Gasteiger partial charge in [-0.25, -0.2) is 4.68 Å². The Bertz CT molecular complexity index is 471. The molecule has 2 aromatic rings. The van der Waals surface area contributed by atoms with Gasteiger partial charge in [0, 0.05) is 6.20 Å². The summed E-state index contributed by atoms with van der Waals surface area (Å²) < 4.78 is 1.99. The summed E-state index contributed by atoms with van der Waals surface area (Å²) in [4.78, 5) is 4.04. The van der Waals surface area contributed by atoms with E-state index in [0.717, 1.165) is 11.3 Å². The smallest absolute Gasteiger partial charge is 0.242 e. The second-order valence-electron chi connectivity index (χ2n) is 2.64. The van der Waals surface area contributed by atoms with Crippen molar-refractivity contribution in [3.8, 4) is 5.69 Å². The molecule has 66 valence electrons. The van der Waals surface area contributed by atoms with Crippen LogP contribution in [0.3, 0.4) is 0 Å². The first-order chi connectivity index (χ1) is 6.27. The number of pyridine rings is 1. The van der Waals surface area contributed by atoms with Gasteiger partial charge >= 0.3 is 0 Å². The molecular formula is C7H7N5S. The number of H-pyrrole nitrogens is 1. The van der Waals surface area contributed by atoms with Crippen molar-refractivity contribution in [3.63, 3.8) is 0 Å². The predicted octanol–water partition coefficient (Wildman–Crippen LogP) is 1.03. The minimum atomic E-state index is 0.396. The van der Waals surface area contributed by atoms with Crippen LogP contribution < -0.4 is 0 Å². The number of aromatic amines is 1. The van der Waals surface area contributed by atoms with Crippen LogP contribution in [-0.2, 0) is 0 Å². The predicted molar refractivity (Wildman–Crippen MR) is 49.1 cm³/mol. The highest BCUT2D eigenvalue weighted by atomic mass is 32.1. The topological polar surface area (TPSA) is 59.4 Å². The second-order valence-corrected chi connectivity index (χ2v) is 3.00. The summed E-state index contributed by atoms with van der Waals surface area (Å²) in [5.74, 6) is 0. The van der Waals surface area contributed by atoms with Gasteiger partial charge < -0.3 is 0 Å². The molecule has 0 radical (unpaired) electrons. The fourth-order valence-electron chi connectivity index (χ4n) is 1.03. The van der Waals surface area contributed by atoms with Gasteiger partial charge in [0.05, 0.1) is 11.9 Å². The molecule has 0 bridgehead atoms. The van der Waals surface area contributed by atoms with Gasteiger partial charge in [0.2, 0.25) is 4.77 Å². The molecule has 6 heteroatoms. The van der Waals surface area contributed by atoms with Crippen LogP contribution in [0.4, 0.5) is 0 Å². The van der Waals surface area contributed by atoms with Crippen molar-refractivity contribution in [2.45, 2.75) is 6.92 Å². The van der Waals surface area contributed by atoms with Crippen LogP contribution in [-0.4, -0.2) is 25.2 Å². The van der Waals surface area contributed by atoms with Crippen LogP contribution in [0.2, 0.25) is 0 Å². The second kappa shape index (κ2) is 3.06. The average molecular weight is 193 g/mol. The maximum atomic E-state index is 4.94. The fraction of sp³-hybridized carbons (Fsp3) is 0.143. The lowest BCUT2D eigenvalue weighted by atomic mass is 10.3. The van der Waals surface area contributed by atoms with Crippen molar-refractivity contribution >= 4 is 12.2 Å².